The van der Waals surface area contributed by atoms with Crippen LogP contribution in [0.5, 0.6) is 0 Å². The first kappa shape index (κ1) is 24.6. The molecule has 2 amide bonds. The molecule has 0 aliphatic heterocycles. The summed E-state index contributed by atoms with van der Waals surface area (Å²) in [4.78, 5) is 27.7. The van der Waals surface area contributed by atoms with Crippen LogP contribution in [0.1, 0.15) is 64.5 Å². The van der Waals surface area contributed by atoms with Gasteiger partial charge in [-0.05, 0) is 70.0 Å². The van der Waals surface area contributed by atoms with Gasteiger partial charge in [-0.3, -0.25) is 9.59 Å². The van der Waals surface area contributed by atoms with Gasteiger partial charge in [0.25, 0.3) is 5.91 Å². The third kappa shape index (κ3) is 6.93. The predicted octanol–water partition coefficient (Wildman–Crippen LogP) is 4.24. The van der Waals surface area contributed by atoms with Crippen LogP contribution < -0.4 is 10.6 Å². The Morgan fingerprint density at radius 3 is 2.19 bits per heavy atom. The third-order valence-corrected chi connectivity index (χ3v) is 5.66. The molecule has 0 bridgehead atoms. The summed E-state index contributed by atoms with van der Waals surface area (Å²) in [5, 5.41) is 6.29. The second-order valence-corrected chi connectivity index (χ2v) is 8.23. The molecular weight excluding hydrogens is 386 g/mol. The number of likely N-dealkylation sites (N-methyl/N-ethyl adjacent to an activating group) is 1. The van der Waals surface area contributed by atoms with E-state index in [1.54, 1.807) is 0 Å². The SMILES string of the molecule is CCNCCC(=O)N(CC)C(CNC(=O)c1cc(C)cc(C)c1)c1ccc(C)c(C)c1. The summed E-state index contributed by atoms with van der Waals surface area (Å²) in [7, 11) is 0. The van der Waals surface area contributed by atoms with Crippen molar-refractivity contribution >= 4 is 11.8 Å². The lowest BCUT2D eigenvalue weighted by Gasteiger charge is -2.32. The molecule has 0 radical (unpaired) electrons. The second kappa shape index (κ2) is 11.7. The summed E-state index contributed by atoms with van der Waals surface area (Å²) in [5.74, 6) is -0.0240. The fourth-order valence-electron chi connectivity index (χ4n) is 3.86. The number of nitrogens with one attached hydrogen (secondary N) is 2. The molecule has 2 N–H and O–H groups in total. The van der Waals surface area contributed by atoms with E-state index in [4.69, 9.17) is 0 Å². The van der Waals surface area contributed by atoms with Gasteiger partial charge in [0, 0.05) is 31.6 Å². The van der Waals surface area contributed by atoms with E-state index in [0.717, 1.165) is 23.2 Å². The van der Waals surface area contributed by atoms with Crippen LogP contribution >= 0.6 is 0 Å². The Kier molecular flexibility index (Phi) is 9.25. The van der Waals surface area contributed by atoms with Crippen LogP contribution in [0, 0.1) is 27.7 Å². The van der Waals surface area contributed by atoms with Crippen molar-refractivity contribution in [3.8, 4) is 0 Å². The molecule has 5 heteroatoms. The van der Waals surface area contributed by atoms with E-state index in [-0.39, 0.29) is 17.9 Å². The van der Waals surface area contributed by atoms with Crippen molar-refractivity contribution in [2.45, 2.75) is 54.0 Å². The highest BCUT2D eigenvalue weighted by atomic mass is 16.2. The number of amides is 2. The van der Waals surface area contributed by atoms with Crippen molar-refractivity contribution in [1.29, 1.82) is 0 Å². The topological polar surface area (TPSA) is 61.4 Å². The smallest absolute Gasteiger partial charge is 0.251 e. The Morgan fingerprint density at radius 1 is 0.935 bits per heavy atom. The number of carbonyl (C=O) groups excluding carboxylic acids is 2. The molecule has 0 fully saturated rings. The molecule has 31 heavy (non-hydrogen) atoms. The number of rotatable bonds is 10. The predicted molar refractivity (Wildman–Crippen MR) is 127 cm³/mol. The zero-order valence-electron chi connectivity index (χ0n) is 19.8. The average Bonchev–Trinajstić information content (AvgIpc) is 2.72. The molecule has 0 spiro atoms. The van der Waals surface area contributed by atoms with Crippen LogP contribution in [0.15, 0.2) is 36.4 Å². The molecular formula is C26H37N3O2. The van der Waals surface area contributed by atoms with Gasteiger partial charge in [0.1, 0.15) is 0 Å². The molecule has 0 aliphatic rings. The summed E-state index contributed by atoms with van der Waals surface area (Å²) in [5.41, 5.74) is 6.21. The molecule has 0 aromatic heterocycles. The van der Waals surface area contributed by atoms with Crippen molar-refractivity contribution < 1.29 is 9.59 Å². The fourth-order valence-corrected chi connectivity index (χ4v) is 3.86. The van der Waals surface area contributed by atoms with Crippen molar-refractivity contribution in [1.82, 2.24) is 15.5 Å². The van der Waals surface area contributed by atoms with E-state index in [2.05, 4.69) is 48.7 Å². The monoisotopic (exact) mass is 423 g/mol. The van der Waals surface area contributed by atoms with Gasteiger partial charge in [-0.1, -0.05) is 42.3 Å². The van der Waals surface area contributed by atoms with Crippen molar-refractivity contribution in [2.24, 2.45) is 0 Å². The highest BCUT2D eigenvalue weighted by molar-refractivity contribution is 5.94. The first-order valence-corrected chi connectivity index (χ1v) is 11.2. The van der Waals surface area contributed by atoms with Crippen LogP contribution in [0.4, 0.5) is 0 Å². The first-order chi connectivity index (χ1) is 14.8. The fraction of sp³-hybridized carbons (Fsp3) is 0.462. The molecule has 2 rings (SSSR count). The van der Waals surface area contributed by atoms with Crippen LogP contribution in [-0.2, 0) is 4.79 Å². The normalized spacial score (nSPS) is 11.8. The van der Waals surface area contributed by atoms with Gasteiger partial charge in [0.15, 0.2) is 0 Å². The highest BCUT2D eigenvalue weighted by Crippen LogP contribution is 2.24. The Labute approximate surface area is 187 Å². The Bertz CT molecular complexity index is 887. The molecule has 2 aromatic rings. The molecule has 5 nitrogen and oxygen atoms in total. The van der Waals surface area contributed by atoms with Gasteiger partial charge < -0.3 is 15.5 Å². The second-order valence-electron chi connectivity index (χ2n) is 8.23. The Morgan fingerprint density at radius 2 is 1.61 bits per heavy atom. The molecule has 1 unspecified atom stereocenters. The van der Waals surface area contributed by atoms with Gasteiger partial charge in [-0.25, -0.2) is 0 Å². The quantitative estimate of drug-likeness (QED) is 0.562. The minimum absolute atomic E-state index is 0.0901. The van der Waals surface area contributed by atoms with Crippen LogP contribution in [0.3, 0.4) is 0 Å². The number of carbonyl (C=O) groups is 2. The van der Waals surface area contributed by atoms with E-state index in [1.165, 1.54) is 11.1 Å². The molecule has 0 heterocycles. The maximum Gasteiger partial charge on any atom is 0.251 e. The number of hydrogen-bond acceptors (Lipinski definition) is 3. The first-order valence-electron chi connectivity index (χ1n) is 11.2. The summed E-state index contributed by atoms with van der Waals surface area (Å²) in [6.07, 6.45) is 0.439. The van der Waals surface area contributed by atoms with Crippen molar-refractivity contribution in [3.63, 3.8) is 0 Å². The number of benzene rings is 2. The molecule has 1 atom stereocenters. The largest absolute Gasteiger partial charge is 0.350 e. The van der Waals surface area contributed by atoms with E-state index < -0.39 is 0 Å². The van der Waals surface area contributed by atoms with E-state index in [9.17, 15) is 9.59 Å². The maximum absolute atomic E-state index is 13.0. The highest BCUT2D eigenvalue weighted by Gasteiger charge is 2.25. The summed E-state index contributed by atoms with van der Waals surface area (Å²) in [6, 6.07) is 11.9. The Balaban J connectivity index is 2.26. The molecule has 2 aromatic carbocycles. The molecule has 168 valence electrons. The van der Waals surface area contributed by atoms with Crippen LogP contribution in [-0.4, -0.2) is 42.9 Å². The van der Waals surface area contributed by atoms with Gasteiger partial charge >= 0.3 is 0 Å². The Hall–Kier alpha value is -2.66. The maximum atomic E-state index is 13.0. The molecule has 0 saturated heterocycles. The van der Waals surface area contributed by atoms with Gasteiger partial charge in [0.2, 0.25) is 5.91 Å². The molecule has 0 saturated carbocycles. The standard InChI is InChI=1S/C26H37N3O2/c1-7-27-12-11-25(30)29(8-2)24(22-10-9-20(5)21(6)16-22)17-28-26(31)23-14-18(3)13-19(4)15-23/h9-10,13-16,24,27H,7-8,11-12,17H2,1-6H3,(H,28,31). The lowest BCUT2D eigenvalue weighted by atomic mass is 9.99. The zero-order chi connectivity index (χ0) is 23.0. The molecule has 0 aliphatic carbocycles. The van der Waals surface area contributed by atoms with Gasteiger partial charge in [-0.2, -0.15) is 0 Å². The van der Waals surface area contributed by atoms with Crippen LogP contribution in [0.2, 0.25) is 0 Å². The summed E-state index contributed by atoms with van der Waals surface area (Å²) >= 11 is 0. The van der Waals surface area contributed by atoms with E-state index in [1.807, 2.05) is 44.7 Å². The van der Waals surface area contributed by atoms with Gasteiger partial charge in [0.05, 0.1) is 6.04 Å². The third-order valence-electron chi connectivity index (χ3n) is 5.66. The van der Waals surface area contributed by atoms with Crippen molar-refractivity contribution in [3.05, 3.63) is 69.8 Å². The number of aryl methyl sites for hydroxylation is 4. The van der Waals surface area contributed by atoms with E-state index in [0.29, 0.717) is 31.6 Å². The summed E-state index contributed by atoms with van der Waals surface area (Å²) in [6.45, 7) is 14.6. The van der Waals surface area contributed by atoms with Crippen LogP contribution in [0.25, 0.3) is 0 Å². The van der Waals surface area contributed by atoms with Crippen molar-refractivity contribution in [2.75, 3.05) is 26.2 Å². The minimum Gasteiger partial charge on any atom is -0.350 e. The number of nitrogens with zero attached hydrogens (tertiary/aromatic N) is 1. The zero-order valence-corrected chi connectivity index (χ0v) is 19.8. The lowest BCUT2D eigenvalue weighted by Crippen LogP contribution is -2.42. The van der Waals surface area contributed by atoms with E-state index >= 15 is 0 Å². The lowest BCUT2D eigenvalue weighted by molar-refractivity contribution is -0.133. The number of hydrogen-bond donors (Lipinski definition) is 2. The van der Waals surface area contributed by atoms with Gasteiger partial charge in [-0.15, -0.1) is 0 Å². The average molecular weight is 424 g/mol. The minimum atomic E-state index is -0.215. The summed E-state index contributed by atoms with van der Waals surface area (Å²) < 4.78 is 0.